The van der Waals surface area contributed by atoms with Gasteiger partial charge in [0.15, 0.2) is 0 Å². The molecule has 6 nitrogen and oxygen atoms in total. The second-order valence-electron chi connectivity index (χ2n) is 5.08. The van der Waals surface area contributed by atoms with Gasteiger partial charge in [0.1, 0.15) is 28.7 Å². The van der Waals surface area contributed by atoms with Crippen molar-refractivity contribution in [1.82, 2.24) is 14.8 Å². The summed E-state index contributed by atoms with van der Waals surface area (Å²) >= 11 is 5.75. The van der Waals surface area contributed by atoms with Crippen molar-refractivity contribution >= 4 is 29.1 Å². The Labute approximate surface area is 142 Å². The maximum Gasteiger partial charge on any atom is 0.262 e. The van der Waals surface area contributed by atoms with Crippen molar-refractivity contribution < 1.29 is 9.18 Å². The van der Waals surface area contributed by atoms with Gasteiger partial charge in [0.2, 0.25) is 0 Å². The molecule has 1 amide bonds. The van der Waals surface area contributed by atoms with Crippen LogP contribution in [0, 0.1) is 12.7 Å². The SMILES string of the molecule is Cc1cccc(F)c1-n1ncc(C(=O)Nc2ccc(Cl)cn2)c1N. The number of anilines is 2. The second-order valence-corrected chi connectivity index (χ2v) is 5.51. The van der Waals surface area contributed by atoms with Crippen molar-refractivity contribution in [3.05, 3.63) is 64.7 Å². The fourth-order valence-electron chi connectivity index (χ4n) is 2.24. The van der Waals surface area contributed by atoms with Gasteiger partial charge in [-0.05, 0) is 30.7 Å². The summed E-state index contributed by atoms with van der Waals surface area (Å²) in [5.41, 5.74) is 6.96. The lowest BCUT2D eigenvalue weighted by Gasteiger charge is -2.09. The van der Waals surface area contributed by atoms with Gasteiger partial charge in [0.25, 0.3) is 5.91 Å². The molecule has 0 saturated carbocycles. The van der Waals surface area contributed by atoms with E-state index in [-0.39, 0.29) is 17.1 Å². The summed E-state index contributed by atoms with van der Waals surface area (Å²) in [5.74, 6) is -0.619. The number of nitrogen functional groups attached to an aromatic ring is 1. The topological polar surface area (TPSA) is 85.8 Å². The van der Waals surface area contributed by atoms with Gasteiger partial charge < -0.3 is 11.1 Å². The highest BCUT2D eigenvalue weighted by atomic mass is 35.5. The maximum absolute atomic E-state index is 14.1. The lowest BCUT2D eigenvalue weighted by Crippen LogP contribution is -2.15. The number of carbonyl (C=O) groups excluding carboxylic acids is 1. The van der Waals surface area contributed by atoms with Crippen molar-refractivity contribution in [2.45, 2.75) is 6.92 Å². The number of pyridine rings is 1. The van der Waals surface area contributed by atoms with Crippen molar-refractivity contribution in [3.63, 3.8) is 0 Å². The van der Waals surface area contributed by atoms with Gasteiger partial charge in [-0.2, -0.15) is 5.10 Å². The molecule has 24 heavy (non-hydrogen) atoms. The maximum atomic E-state index is 14.1. The average Bonchev–Trinajstić information content (AvgIpc) is 2.91. The fraction of sp³-hybridized carbons (Fsp3) is 0.0625. The first kappa shape index (κ1) is 15.9. The summed E-state index contributed by atoms with van der Waals surface area (Å²) in [7, 11) is 0. The van der Waals surface area contributed by atoms with Gasteiger partial charge in [-0.25, -0.2) is 14.1 Å². The van der Waals surface area contributed by atoms with E-state index >= 15 is 0 Å². The number of aromatic nitrogens is 3. The van der Waals surface area contributed by atoms with Crippen molar-refractivity contribution in [2.75, 3.05) is 11.1 Å². The Kier molecular flexibility index (Phi) is 4.18. The predicted molar refractivity (Wildman–Crippen MR) is 89.9 cm³/mol. The molecule has 2 aromatic heterocycles. The molecule has 0 atom stereocenters. The Morgan fingerprint density at radius 1 is 1.29 bits per heavy atom. The quantitative estimate of drug-likeness (QED) is 0.763. The van der Waals surface area contributed by atoms with Gasteiger partial charge in [-0.15, -0.1) is 0 Å². The lowest BCUT2D eigenvalue weighted by molar-refractivity contribution is 0.102. The number of amides is 1. The minimum absolute atomic E-state index is 0.0367. The van der Waals surface area contributed by atoms with Crippen LogP contribution >= 0.6 is 11.6 Å². The van der Waals surface area contributed by atoms with Crippen LogP contribution in [0.1, 0.15) is 15.9 Å². The van der Waals surface area contributed by atoms with E-state index in [9.17, 15) is 9.18 Å². The van der Waals surface area contributed by atoms with Crippen LogP contribution in [0.4, 0.5) is 16.0 Å². The predicted octanol–water partition coefficient (Wildman–Crippen LogP) is 3.20. The van der Waals surface area contributed by atoms with Crippen molar-refractivity contribution in [2.24, 2.45) is 0 Å². The second kappa shape index (κ2) is 6.29. The van der Waals surface area contributed by atoms with E-state index in [0.29, 0.717) is 16.4 Å². The Balaban J connectivity index is 1.92. The molecule has 0 fully saturated rings. The van der Waals surface area contributed by atoms with Crippen LogP contribution in [-0.2, 0) is 0 Å². The number of carbonyl (C=O) groups is 1. The lowest BCUT2D eigenvalue weighted by atomic mass is 10.2. The van der Waals surface area contributed by atoms with Gasteiger partial charge in [0, 0.05) is 6.20 Å². The molecule has 0 bridgehead atoms. The summed E-state index contributed by atoms with van der Waals surface area (Å²) in [6, 6.07) is 7.78. The number of para-hydroxylation sites is 1. The van der Waals surface area contributed by atoms with Crippen molar-refractivity contribution in [3.8, 4) is 5.69 Å². The first-order valence-corrected chi connectivity index (χ1v) is 7.37. The fourth-order valence-corrected chi connectivity index (χ4v) is 2.35. The van der Waals surface area contributed by atoms with Gasteiger partial charge in [0.05, 0.1) is 11.2 Å². The summed E-state index contributed by atoms with van der Waals surface area (Å²) in [4.78, 5) is 16.3. The zero-order valence-electron chi connectivity index (χ0n) is 12.6. The number of hydrogen-bond donors (Lipinski definition) is 2. The zero-order valence-corrected chi connectivity index (χ0v) is 13.4. The standard InChI is InChI=1S/C16H13ClFN5O/c1-9-3-2-4-12(18)14(9)23-15(19)11(8-21-23)16(24)22-13-6-5-10(17)7-20-13/h2-8H,19H2,1H3,(H,20,22,24). The smallest absolute Gasteiger partial charge is 0.262 e. The summed E-state index contributed by atoms with van der Waals surface area (Å²) in [5, 5.41) is 7.07. The third-order valence-corrected chi connectivity index (χ3v) is 3.64. The van der Waals surface area contributed by atoms with Gasteiger partial charge in [-0.1, -0.05) is 23.7 Å². The molecule has 3 aromatic rings. The monoisotopic (exact) mass is 345 g/mol. The molecule has 3 rings (SSSR count). The molecule has 1 aromatic carbocycles. The Bertz CT molecular complexity index is 887. The number of aryl methyl sites for hydroxylation is 1. The highest BCUT2D eigenvalue weighted by Crippen LogP contribution is 2.23. The number of halogens is 2. The molecule has 0 aliphatic heterocycles. The minimum atomic E-state index is -0.498. The van der Waals surface area contributed by atoms with Gasteiger partial charge in [-0.3, -0.25) is 4.79 Å². The molecule has 3 N–H and O–H groups in total. The Morgan fingerprint density at radius 3 is 2.75 bits per heavy atom. The first-order chi connectivity index (χ1) is 11.5. The molecule has 0 aliphatic carbocycles. The number of nitrogens with one attached hydrogen (secondary N) is 1. The molecule has 122 valence electrons. The van der Waals surface area contributed by atoms with Crippen LogP contribution < -0.4 is 11.1 Å². The molecular formula is C16H13ClFN5O. The number of nitrogens with two attached hydrogens (primary N) is 1. The van der Waals surface area contributed by atoms with Crippen LogP contribution in [0.2, 0.25) is 5.02 Å². The number of nitrogens with zero attached hydrogens (tertiary/aromatic N) is 3. The molecule has 0 spiro atoms. The molecule has 0 unspecified atom stereocenters. The van der Waals surface area contributed by atoms with E-state index in [1.54, 1.807) is 31.2 Å². The minimum Gasteiger partial charge on any atom is -0.383 e. The normalized spacial score (nSPS) is 10.6. The zero-order chi connectivity index (χ0) is 17.3. The third-order valence-electron chi connectivity index (χ3n) is 3.42. The van der Waals surface area contributed by atoms with Gasteiger partial charge >= 0.3 is 0 Å². The van der Waals surface area contributed by atoms with Crippen molar-refractivity contribution in [1.29, 1.82) is 0 Å². The van der Waals surface area contributed by atoms with E-state index in [1.807, 2.05) is 0 Å². The first-order valence-electron chi connectivity index (χ1n) is 6.99. The summed E-state index contributed by atoms with van der Waals surface area (Å²) in [6.45, 7) is 1.73. The van der Waals surface area contributed by atoms with Crippen LogP contribution in [0.15, 0.2) is 42.7 Å². The molecule has 0 radical (unpaired) electrons. The highest BCUT2D eigenvalue weighted by molar-refractivity contribution is 6.30. The molecule has 0 saturated heterocycles. The molecule has 8 heteroatoms. The summed E-state index contributed by atoms with van der Waals surface area (Å²) in [6.07, 6.45) is 2.69. The van der Waals surface area contributed by atoms with Crippen LogP contribution in [0.5, 0.6) is 0 Å². The van der Waals surface area contributed by atoms with E-state index in [1.165, 1.54) is 23.1 Å². The Hall–Kier alpha value is -2.93. The number of hydrogen-bond acceptors (Lipinski definition) is 4. The number of rotatable bonds is 3. The third kappa shape index (κ3) is 2.93. The van der Waals surface area contributed by atoms with E-state index < -0.39 is 11.7 Å². The average molecular weight is 346 g/mol. The Morgan fingerprint density at radius 2 is 2.08 bits per heavy atom. The van der Waals surface area contributed by atoms with Crippen LogP contribution in [0.3, 0.4) is 0 Å². The van der Waals surface area contributed by atoms with E-state index in [4.69, 9.17) is 17.3 Å². The highest BCUT2D eigenvalue weighted by Gasteiger charge is 2.19. The summed E-state index contributed by atoms with van der Waals surface area (Å²) < 4.78 is 15.3. The largest absolute Gasteiger partial charge is 0.383 e. The molecule has 0 aliphatic rings. The van der Waals surface area contributed by atoms with Crippen LogP contribution in [-0.4, -0.2) is 20.7 Å². The van der Waals surface area contributed by atoms with E-state index in [2.05, 4.69) is 15.4 Å². The number of benzene rings is 1. The van der Waals surface area contributed by atoms with E-state index in [0.717, 1.165) is 0 Å². The van der Waals surface area contributed by atoms with Crippen LogP contribution in [0.25, 0.3) is 5.69 Å². The molecule has 2 heterocycles. The molecular weight excluding hydrogens is 333 g/mol.